The number of benzene rings is 6. The van der Waals surface area contributed by atoms with Crippen LogP contribution in [0.4, 0.5) is 28.4 Å². The van der Waals surface area contributed by atoms with E-state index in [0.29, 0.717) is 17.2 Å². The summed E-state index contributed by atoms with van der Waals surface area (Å²) in [5.41, 5.74) is 24.6. The monoisotopic (exact) mass is 639 g/mol. The highest BCUT2D eigenvalue weighted by Gasteiger charge is 2.30. The number of hydrogen-bond acceptors (Lipinski definition) is 7. The third-order valence-electron chi connectivity index (χ3n) is 9.15. The van der Waals surface area contributed by atoms with Gasteiger partial charge in [0.05, 0.1) is 17.1 Å². The minimum atomic E-state index is -0.366. The lowest BCUT2D eigenvalue weighted by molar-refractivity contribution is 0.674. The van der Waals surface area contributed by atoms with E-state index in [-0.39, 0.29) is 12.3 Å². The summed E-state index contributed by atoms with van der Waals surface area (Å²) in [5.74, 6) is 1.41. The van der Waals surface area contributed by atoms with Gasteiger partial charge in [0.25, 0.3) is 0 Å². The number of para-hydroxylation sites is 3. The van der Waals surface area contributed by atoms with Crippen LogP contribution in [0.3, 0.4) is 0 Å². The molecule has 8 rings (SSSR count). The van der Waals surface area contributed by atoms with Crippen molar-refractivity contribution >= 4 is 40.1 Å². The topological polar surface area (TPSA) is 104 Å². The van der Waals surface area contributed by atoms with Gasteiger partial charge < -0.3 is 27.0 Å². The van der Waals surface area contributed by atoms with Crippen molar-refractivity contribution < 1.29 is 0 Å². The summed E-state index contributed by atoms with van der Waals surface area (Å²) in [4.78, 5) is 12.5. The van der Waals surface area contributed by atoms with E-state index in [1.807, 2.05) is 60.7 Å². The minimum absolute atomic E-state index is 0.144. The highest BCUT2D eigenvalue weighted by Crippen LogP contribution is 2.46. The van der Waals surface area contributed by atoms with Gasteiger partial charge in [0.2, 0.25) is 0 Å². The van der Waals surface area contributed by atoms with Crippen LogP contribution in [0.5, 0.6) is 0 Å². The van der Waals surface area contributed by atoms with E-state index in [4.69, 9.17) is 21.5 Å². The predicted octanol–water partition coefficient (Wildman–Crippen LogP) is 8.98. The molecule has 7 heteroatoms. The number of nitrogen functional groups attached to an aromatic ring is 2. The maximum atomic E-state index is 6.49. The van der Waals surface area contributed by atoms with Gasteiger partial charge in [-0.2, -0.15) is 0 Å². The number of nitrogens with zero attached hydrogens (tertiary/aromatic N) is 3. The summed E-state index contributed by atoms with van der Waals surface area (Å²) < 4.78 is 0. The zero-order valence-corrected chi connectivity index (χ0v) is 27.2. The van der Waals surface area contributed by atoms with E-state index in [9.17, 15) is 0 Å². The summed E-state index contributed by atoms with van der Waals surface area (Å²) in [6.45, 7) is 2.22. The van der Waals surface area contributed by atoms with Crippen LogP contribution in [0.2, 0.25) is 0 Å². The van der Waals surface area contributed by atoms with Crippen molar-refractivity contribution in [1.29, 1.82) is 0 Å². The number of rotatable bonds is 7. The molecule has 0 fully saturated rings. The molecule has 0 radical (unpaired) electrons. The molecule has 0 saturated heterocycles. The Morgan fingerprint density at radius 1 is 0.592 bits per heavy atom. The highest BCUT2D eigenvalue weighted by atomic mass is 15.3. The van der Waals surface area contributed by atoms with Crippen molar-refractivity contribution in [2.45, 2.75) is 25.7 Å². The molecule has 2 aliphatic heterocycles. The van der Waals surface area contributed by atoms with Crippen LogP contribution >= 0.6 is 0 Å². The second kappa shape index (κ2) is 12.7. The fraction of sp³-hybridized carbons (Fsp3) is 0.0952. The van der Waals surface area contributed by atoms with Gasteiger partial charge in [-0.05, 0) is 89.3 Å². The molecule has 6 aromatic carbocycles. The molecule has 6 aromatic rings. The van der Waals surface area contributed by atoms with E-state index in [2.05, 4.69) is 107 Å². The summed E-state index contributed by atoms with van der Waals surface area (Å²) in [6, 6.07) is 49.7. The SMILES string of the molecule is CCC1Nc2ccccc2N1c1ccccc1-c1ccc(N)cc1-c1cccc(C2N=C(c3ccccc3)N=C(c3ccc(N)cc3)N2)c1. The minimum Gasteiger partial charge on any atom is -0.399 e. The summed E-state index contributed by atoms with van der Waals surface area (Å²) in [6.07, 6.45) is 0.723. The average Bonchev–Trinajstić information content (AvgIpc) is 3.54. The van der Waals surface area contributed by atoms with Crippen molar-refractivity contribution in [3.8, 4) is 22.3 Å². The Morgan fingerprint density at radius 2 is 1.31 bits per heavy atom. The van der Waals surface area contributed by atoms with Gasteiger partial charge in [-0.1, -0.05) is 91.9 Å². The summed E-state index contributed by atoms with van der Waals surface area (Å²) >= 11 is 0. The van der Waals surface area contributed by atoms with E-state index < -0.39 is 0 Å². The van der Waals surface area contributed by atoms with Crippen LogP contribution in [-0.4, -0.2) is 17.8 Å². The van der Waals surface area contributed by atoms with Crippen molar-refractivity contribution in [3.63, 3.8) is 0 Å². The Hall–Kier alpha value is -6.34. The number of hydrogen-bond donors (Lipinski definition) is 4. The normalized spacial score (nSPS) is 16.6. The molecule has 2 heterocycles. The molecule has 6 N–H and O–H groups in total. The Morgan fingerprint density at radius 3 is 2.12 bits per heavy atom. The van der Waals surface area contributed by atoms with Gasteiger partial charge in [-0.25, -0.2) is 9.98 Å². The molecule has 49 heavy (non-hydrogen) atoms. The molecule has 0 bridgehead atoms. The molecule has 0 amide bonds. The van der Waals surface area contributed by atoms with Crippen LogP contribution in [0, 0.1) is 0 Å². The van der Waals surface area contributed by atoms with Crippen LogP contribution in [0.25, 0.3) is 22.3 Å². The molecule has 0 aromatic heterocycles. The number of fused-ring (bicyclic) bond motifs is 1. The second-order valence-corrected chi connectivity index (χ2v) is 12.4. The molecule has 0 aliphatic carbocycles. The number of amidine groups is 2. The van der Waals surface area contributed by atoms with Gasteiger partial charge in [-0.3, -0.25) is 0 Å². The van der Waals surface area contributed by atoms with Gasteiger partial charge in [0.15, 0.2) is 5.84 Å². The highest BCUT2D eigenvalue weighted by molar-refractivity contribution is 6.13. The number of aliphatic imine (C=N–C) groups is 2. The fourth-order valence-electron chi connectivity index (χ4n) is 6.75. The van der Waals surface area contributed by atoms with Crippen molar-refractivity contribution in [1.82, 2.24) is 5.32 Å². The predicted molar refractivity (Wildman–Crippen MR) is 204 cm³/mol. The molecule has 240 valence electrons. The zero-order valence-electron chi connectivity index (χ0n) is 27.2. The molecular formula is C42H37N7. The lowest BCUT2D eigenvalue weighted by Gasteiger charge is -2.29. The Balaban J connectivity index is 1.22. The van der Waals surface area contributed by atoms with Crippen molar-refractivity contribution in [3.05, 3.63) is 162 Å². The lowest BCUT2D eigenvalue weighted by Crippen LogP contribution is -2.33. The van der Waals surface area contributed by atoms with E-state index >= 15 is 0 Å². The average molecular weight is 640 g/mol. The largest absolute Gasteiger partial charge is 0.399 e. The maximum absolute atomic E-state index is 6.49. The third-order valence-corrected chi connectivity index (χ3v) is 9.15. The fourth-order valence-corrected chi connectivity index (χ4v) is 6.75. The second-order valence-electron chi connectivity index (χ2n) is 12.4. The maximum Gasteiger partial charge on any atom is 0.159 e. The Bertz CT molecular complexity index is 2210. The first-order chi connectivity index (χ1) is 24.1. The lowest BCUT2D eigenvalue weighted by atomic mass is 9.91. The summed E-state index contributed by atoms with van der Waals surface area (Å²) in [7, 11) is 0. The van der Waals surface area contributed by atoms with Crippen molar-refractivity contribution in [2.24, 2.45) is 9.98 Å². The van der Waals surface area contributed by atoms with Gasteiger partial charge in [-0.15, -0.1) is 0 Å². The first-order valence-electron chi connectivity index (χ1n) is 16.6. The van der Waals surface area contributed by atoms with Crippen LogP contribution in [-0.2, 0) is 0 Å². The Labute approximate surface area is 286 Å². The van der Waals surface area contributed by atoms with E-state index in [0.717, 1.165) is 62.6 Å². The molecule has 0 spiro atoms. The molecule has 2 aliphatic rings. The van der Waals surface area contributed by atoms with Crippen LogP contribution in [0.1, 0.15) is 36.2 Å². The smallest absolute Gasteiger partial charge is 0.159 e. The number of nitrogens with one attached hydrogen (secondary N) is 2. The van der Waals surface area contributed by atoms with Gasteiger partial charge >= 0.3 is 0 Å². The molecule has 7 nitrogen and oxygen atoms in total. The standard InChI is InChI=1S/C42H37N7/c1-2-39-45-36-16-7-9-18-38(36)49(39)37-17-8-6-15-34(37)33-24-23-32(44)26-35(33)29-13-10-14-30(25-29)42-47-40(27-11-4-3-5-12-27)46-41(48-42)28-19-21-31(43)22-20-28/h3-26,39,42,45H,2,43-44H2,1H3,(H,46,47,48). The third kappa shape index (κ3) is 5.76. The van der Waals surface area contributed by atoms with Crippen LogP contribution in [0.15, 0.2) is 156 Å². The number of nitrogens with two attached hydrogens (primary N) is 2. The first kappa shape index (κ1) is 30.0. The van der Waals surface area contributed by atoms with Crippen LogP contribution < -0.4 is 27.0 Å². The first-order valence-corrected chi connectivity index (χ1v) is 16.6. The van der Waals surface area contributed by atoms with E-state index in [1.165, 1.54) is 5.69 Å². The van der Waals surface area contributed by atoms with E-state index in [1.54, 1.807) is 0 Å². The molecule has 0 saturated carbocycles. The quantitative estimate of drug-likeness (QED) is 0.131. The number of anilines is 5. The molecule has 2 atom stereocenters. The van der Waals surface area contributed by atoms with Gasteiger partial charge in [0.1, 0.15) is 18.2 Å². The Kier molecular flexibility index (Phi) is 7.78. The zero-order chi connectivity index (χ0) is 33.3. The molecular weight excluding hydrogens is 603 g/mol. The molecule has 2 unspecified atom stereocenters. The van der Waals surface area contributed by atoms with Crippen molar-refractivity contribution in [2.75, 3.05) is 21.7 Å². The summed E-state index contributed by atoms with van der Waals surface area (Å²) in [5, 5.41) is 7.31. The van der Waals surface area contributed by atoms with Gasteiger partial charge in [0, 0.05) is 28.1 Å².